The van der Waals surface area contributed by atoms with Gasteiger partial charge in [0, 0.05) is 12.2 Å². The van der Waals surface area contributed by atoms with Gasteiger partial charge in [-0.3, -0.25) is 4.98 Å². The summed E-state index contributed by atoms with van der Waals surface area (Å²) >= 11 is 0. The van der Waals surface area contributed by atoms with Crippen molar-refractivity contribution in [2.75, 3.05) is 6.54 Å². The van der Waals surface area contributed by atoms with Crippen molar-refractivity contribution in [1.82, 2.24) is 10.3 Å². The average Bonchev–Trinajstić information content (AvgIpc) is 2.25. The molecule has 3 heteroatoms. The molecule has 2 unspecified atom stereocenters. The highest BCUT2D eigenvalue weighted by Gasteiger charge is 2.04. The van der Waals surface area contributed by atoms with Gasteiger partial charge in [0.15, 0.2) is 0 Å². The summed E-state index contributed by atoms with van der Waals surface area (Å²) in [4.78, 5) is 4.28. The topological polar surface area (TPSA) is 45.1 Å². The van der Waals surface area contributed by atoms with Gasteiger partial charge in [-0.15, -0.1) is 0 Å². The highest BCUT2D eigenvalue weighted by atomic mass is 16.3. The molecule has 84 valence electrons. The summed E-state index contributed by atoms with van der Waals surface area (Å²) in [6, 6.07) is 6.21. The van der Waals surface area contributed by atoms with Crippen molar-refractivity contribution < 1.29 is 5.11 Å². The van der Waals surface area contributed by atoms with Gasteiger partial charge in [-0.2, -0.15) is 0 Å². The lowest BCUT2D eigenvalue weighted by molar-refractivity contribution is 0.181. The second-order valence-corrected chi connectivity index (χ2v) is 3.92. The number of rotatable bonds is 6. The summed E-state index contributed by atoms with van der Waals surface area (Å²) in [6.07, 6.45) is 3.46. The number of aromatic nitrogens is 1. The molecule has 0 radical (unpaired) electrons. The molecule has 1 heterocycles. The summed E-state index contributed by atoms with van der Waals surface area (Å²) in [5.41, 5.74) is 1.06. The van der Waals surface area contributed by atoms with E-state index in [1.54, 1.807) is 0 Å². The molecule has 1 rings (SSSR count). The highest BCUT2D eigenvalue weighted by Crippen LogP contribution is 2.07. The predicted molar refractivity (Wildman–Crippen MR) is 61.6 cm³/mol. The molecular weight excluding hydrogens is 188 g/mol. The number of aliphatic hydroxyl groups is 1. The van der Waals surface area contributed by atoms with Crippen molar-refractivity contribution in [3.8, 4) is 0 Å². The summed E-state index contributed by atoms with van der Waals surface area (Å²) in [7, 11) is 0. The van der Waals surface area contributed by atoms with E-state index >= 15 is 0 Å². The molecule has 0 bridgehead atoms. The van der Waals surface area contributed by atoms with Crippen LogP contribution in [0, 0.1) is 0 Å². The van der Waals surface area contributed by atoms with Gasteiger partial charge in [-0.05, 0) is 45.4 Å². The van der Waals surface area contributed by atoms with Crippen molar-refractivity contribution in [3.63, 3.8) is 0 Å². The molecule has 0 aliphatic rings. The largest absolute Gasteiger partial charge is 0.393 e. The van der Waals surface area contributed by atoms with Crippen LogP contribution in [0.3, 0.4) is 0 Å². The van der Waals surface area contributed by atoms with E-state index in [9.17, 15) is 0 Å². The van der Waals surface area contributed by atoms with Crippen LogP contribution in [0.4, 0.5) is 0 Å². The van der Waals surface area contributed by atoms with E-state index in [0.717, 1.165) is 25.1 Å². The van der Waals surface area contributed by atoms with E-state index in [-0.39, 0.29) is 12.1 Å². The van der Waals surface area contributed by atoms with Crippen LogP contribution in [-0.4, -0.2) is 22.7 Å². The predicted octanol–water partition coefficient (Wildman–Crippen LogP) is 1.89. The molecule has 2 N–H and O–H groups in total. The first kappa shape index (κ1) is 12.1. The SMILES string of the molecule is CC(O)CCCNC(C)c1ccccn1. The molecule has 0 fully saturated rings. The number of hydrogen-bond donors (Lipinski definition) is 2. The molecule has 2 atom stereocenters. The second kappa shape index (κ2) is 6.53. The Morgan fingerprint density at radius 2 is 2.20 bits per heavy atom. The van der Waals surface area contributed by atoms with E-state index in [0.29, 0.717) is 0 Å². The fourth-order valence-corrected chi connectivity index (χ4v) is 1.45. The zero-order valence-electron chi connectivity index (χ0n) is 9.48. The normalized spacial score (nSPS) is 14.9. The fraction of sp³-hybridized carbons (Fsp3) is 0.583. The third kappa shape index (κ3) is 4.91. The molecule has 15 heavy (non-hydrogen) atoms. The zero-order chi connectivity index (χ0) is 11.1. The van der Waals surface area contributed by atoms with Gasteiger partial charge in [-0.1, -0.05) is 6.07 Å². The van der Waals surface area contributed by atoms with Crippen LogP contribution >= 0.6 is 0 Å². The minimum absolute atomic E-state index is 0.197. The van der Waals surface area contributed by atoms with Crippen LogP contribution in [-0.2, 0) is 0 Å². The van der Waals surface area contributed by atoms with Crippen LogP contribution < -0.4 is 5.32 Å². The monoisotopic (exact) mass is 208 g/mol. The second-order valence-electron chi connectivity index (χ2n) is 3.92. The van der Waals surface area contributed by atoms with Gasteiger partial charge < -0.3 is 10.4 Å². The maximum atomic E-state index is 9.09. The van der Waals surface area contributed by atoms with Gasteiger partial charge in [0.25, 0.3) is 0 Å². The van der Waals surface area contributed by atoms with Gasteiger partial charge >= 0.3 is 0 Å². The Bertz CT molecular complexity index is 262. The lowest BCUT2D eigenvalue weighted by Crippen LogP contribution is -2.21. The molecule has 1 aromatic heterocycles. The minimum atomic E-state index is -0.197. The number of nitrogens with zero attached hydrogens (tertiary/aromatic N) is 1. The number of pyridine rings is 1. The molecule has 0 aliphatic heterocycles. The maximum absolute atomic E-state index is 9.09. The van der Waals surface area contributed by atoms with Crippen molar-refractivity contribution in [3.05, 3.63) is 30.1 Å². The van der Waals surface area contributed by atoms with Crippen molar-refractivity contribution in [2.45, 2.75) is 38.8 Å². The molecule has 0 amide bonds. The molecule has 1 aromatic rings. The Morgan fingerprint density at radius 1 is 1.40 bits per heavy atom. The quantitative estimate of drug-likeness (QED) is 0.702. The minimum Gasteiger partial charge on any atom is -0.393 e. The number of nitrogens with one attached hydrogen (secondary N) is 1. The van der Waals surface area contributed by atoms with E-state index < -0.39 is 0 Å². The van der Waals surface area contributed by atoms with Crippen molar-refractivity contribution >= 4 is 0 Å². The van der Waals surface area contributed by atoms with E-state index in [1.807, 2.05) is 31.3 Å². The van der Waals surface area contributed by atoms with Gasteiger partial charge in [0.1, 0.15) is 0 Å². The van der Waals surface area contributed by atoms with Crippen molar-refractivity contribution in [1.29, 1.82) is 0 Å². The lowest BCUT2D eigenvalue weighted by Gasteiger charge is -2.13. The summed E-state index contributed by atoms with van der Waals surface area (Å²) in [5.74, 6) is 0. The first-order valence-corrected chi connectivity index (χ1v) is 5.52. The Morgan fingerprint density at radius 3 is 2.80 bits per heavy atom. The Balaban J connectivity index is 2.22. The first-order valence-electron chi connectivity index (χ1n) is 5.52. The highest BCUT2D eigenvalue weighted by molar-refractivity contribution is 5.07. The fourth-order valence-electron chi connectivity index (χ4n) is 1.45. The van der Waals surface area contributed by atoms with Crippen LogP contribution in [0.1, 0.15) is 38.4 Å². The zero-order valence-corrected chi connectivity index (χ0v) is 9.48. The van der Waals surface area contributed by atoms with Crippen LogP contribution in [0.15, 0.2) is 24.4 Å². The molecule has 3 nitrogen and oxygen atoms in total. The van der Waals surface area contributed by atoms with E-state index in [4.69, 9.17) is 5.11 Å². The summed E-state index contributed by atoms with van der Waals surface area (Å²) < 4.78 is 0. The first-order chi connectivity index (χ1) is 7.20. The van der Waals surface area contributed by atoms with Crippen LogP contribution in [0.5, 0.6) is 0 Å². The summed E-state index contributed by atoms with van der Waals surface area (Å²) in [5, 5.41) is 12.5. The molecule has 0 saturated carbocycles. The van der Waals surface area contributed by atoms with Gasteiger partial charge in [-0.25, -0.2) is 0 Å². The average molecular weight is 208 g/mol. The third-order valence-corrected chi connectivity index (χ3v) is 2.38. The van der Waals surface area contributed by atoms with Gasteiger partial charge in [0.2, 0.25) is 0 Å². The van der Waals surface area contributed by atoms with Gasteiger partial charge in [0.05, 0.1) is 11.8 Å². The standard InChI is InChI=1S/C12H20N2O/c1-10(15)6-5-9-13-11(2)12-7-3-4-8-14-12/h3-4,7-8,10-11,13,15H,5-6,9H2,1-2H3. The molecule has 0 aromatic carbocycles. The number of aliphatic hydroxyl groups excluding tert-OH is 1. The lowest BCUT2D eigenvalue weighted by atomic mass is 10.2. The molecular formula is C12H20N2O. The smallest absolute Gasteiger partial charge is 0.0570 e. The molecule has 0 spiro atoms. The van der Waals surface area contributed by atoms with Crippen LogP contribution in [0.2, 0.25) is 0 Å². The Hall–Kier alpha value is -0.930. The van der Waals surface area contributed by atoms with Crippen molar-refractivity contribution in [2.24, 2.45) is 0 Å². The van der Waals surface area contributed by atoms with E-state index in [2.05, 4.69) is 17.2 Å². The van der Waals surface area contributed by atoms with Crippen LogP contribution in [0.25, 0.3) is 0 Å². The maximum Gasteiger partial charge on any atom is 0.0570 e. The summed E-state index contributed by atoms with van der Waals surface area (Å²) in [6.45, 7) is 4.84. The molecule has 0 aliphatic carbocycles. The number of hydrogen-bond acceptors (Lipinski definition) is 3. The van der Waals surface area contributed by atoms with E-state index in [1.165, 1.54) is 0 Å². The molecule has 0 saturated heterocycles. The Kier molecular flexibility index (Phi) is 5.29. The third-order valence-electron chi connectivity index (χ3n) is 2.38. The Labute approximate surface area is 91.5 Å².